The molecule has 3 rings (SSSR count). The fourth-order valence-corrected chi connectivity index (χ4v) is 3.82. The van der Waals surface area contributed by atoms with E-state index in [4.69, 9.17) is 28.6 Å². The zero-order chi connectivity index (χ0) is 18.6. The van der Waals surface area contributed by atoms with Crippen LogP contribution in [0.3, 0.4) is 0 Å². The minimum Gasteiger partial charge on any atom is -0.465 e. The number of halogens is 1. The molecule has 5 nitrogen and oxygen atoms in total. The fraction of sp³-hybridized carbons (Fsp3) is 0.316. The number of esters is 1. The monoisotopic (exact) mass is 389 g/mol. The first-order valence-corrected chi connectivity index (χ1v) is 9.20. The summed E-state index contributed by atoms with van der Waals surface area (Å²) < 4.78 is 4.75. The van der Waals surface area contributed by atoms with Crippen LogP contribution in [0.2, 0.25) is 5.02 Å². The van der Waals surface area contributed by atoms with Gasteiger partial charge in [0, 0.05) is 12.4 Å². The maximum Gasteiger partial charge on any atom is 0.337 e. The van der Waals surface area contributed by atoms with Gasteiger partial charge >= 0.3 is 5.97 Å². The minimum absolute atomic E-state index is 0.231. The number of benzene rings is 1. The fourth-order valence-electron chi connectivity index (χ4n) is 3.35. The van der Waals surface area contributed by atoms with Gasteiger partial charge in [0.2, 0.25) is 0 Å². The summed E-state index contributed by atoms with van der Waals surface area (Å²) in [5, 5.41) is 7.50. The molecule has 1 aromatic heterocycles. The highest BCUT2D eigenvalue weighted by Gasteiger charge is 2.36. The molecule has 136 valence electrons. The molecular weight excluding hydrogens is 370 g/mol. The molecule has 0 saturated heterocycles. The summed E-state index contributed by atoms with van der Waals surface area (Å²) >= 11 is 11.8. The Labute approximate surface area is 163 Å². The highest BCUT2D eigenvalue weighted by Crippen LogP contribution is 2.38. The lowest BCUT2D eigenvalue weighted by Gasteiger charge is -2.32. The number of methoxy groups -OCH3 is 1. The standard InChI is InChI=1S/C19H20ClN3O2S/c1-25-17(24)13-6-7-15(20)16(11-13)22-18(26)23-19(8-2-3-9-19)14-5-4-10-21-12-14/h4-7,10-12H,2-3,8-9H2,1H3,(H2,22,23,26). The first-order chi connectivity index (χ1) is 12.5. The minimum atomic E-state index is -0.425. The number of carbonyl (C=O) groups excluding carboxylic acids is 1. The van der Waals surface area contributed by atoms with Gasteiger partial charge in [-0.15, -0.1) is 0 Å². The molecule has 0 bridgehead atoms. The molecule has 1 aliphatic carbocycles. The first-order valence-electron chi connectivity index (χ1n) is 8.42. The van der Waals surface area contributed by atoms with E-state index in [0.29, 0.717) is 21.4 Å². The number of hydrogen-bond acceptors (Lipinski definition) is 4. The van der Waals surface area contributed by atoms with Gasteiger partial charge in [0.05, 0.1) is 28.9 Å². The lowest BCUT2D eigenvalue weighted by atomic mass is 9.89. The van der Waals surface area contributed by atoms with Gasteiger partial charge in [-0.05, 0) is 54.9 Å². The smallest absolute Gasteiger partial charge is 0.337 e. The molecule has 0 unspecified atom stereocenters. The van der Waals surface area contributed by atoms with E-state index in [2.05, 4.69) is 21.7 Å². The number of ether oxygens (including phenoxy) is 1. The predicted octanol–water partition coefficient (Wildman–Crippen LogP) is 4.28. The summed E-state index contributed by atoms with van der Waals surface area (Å²) in [4.78, 5) is 16.0. The number of nitrogens with one attached hydrogen (secondary N) is 2. The summed E-state index contributed by atoms with van der Waals surface area (Å²) in [5.74, 6) is -0.425. The van der Waals surface area contributed by atoms with Crippen molar-refractivity contribution < 1.29 is 9.53 Å². The second-order valence-corrected chi connectivity index (χ2v) is 7.11. The summed E-state index contributed by atoms with van der Waals surface area (Å²) in [6.07, 6.45) is 7.87. The molecule has 1 aliphatic rings. The second kappa shape index (κ2) is 8.01. The zero-order valence-corrected chi connectivity index (χ0v) is 16.0. The number of aromatic nitrogens is 1. The Balaban J connectivity index is 1.79. The third-order valence-corrected chi connectivity index (χ3v) is 5.19. The van der Waals surface area contributed by atoms with E-state index < -0.39 is 5.97 Å². The second-order valence-electron chi connectivity index (χ2n) is 6.30. The topological polar surface area (TPSA) is 63.2 Å². The lowest BCUT2D eigenvalue weighted by Crippen LogP contribution is -2.45. The maximum absolute atomic E-state index is 11.7. The van der Waals surface area contributed by atoms with Gasteiger partial charge in [-0.25, -0.2) is 4.79 Å². The molecule has 1 saturated carbocycles. The molecule has 7 heteroatoms. The van der Waals surface area contributed by atoms with E-state index in [1.165, 1.54) is 7.11 Å². The van der Waals surface area contributed by atoms with Gasteiger partial charge in [0.1, 0.15) is 0 Å². The molecule has 1 fully saturated rings. The van der Waals surface area contributed by atoms with Crippen molar-refractivity contribution >= 4 is 40.6 Å². The van der Waals surface area contributed by atoms with Crippen LogP contribution >= 0.6 is 23.8 Å². The Morgan fingerprint density at radius 3 is 2.73 bits per heavy atom. The highest BCUT2D eigenvalue weighted by atomic mass is 35.5. The van der Waals surface area contributed by atoms with Crippen molar-refractivity contribution in [1.82, 2.24) is 10.3 Å². The molecule has 1 heterocycles. The van der Waals surface area contributed by atoms with Crippen molar-refractivity contribution in [3.8, 4) is 0 Å². The average molecular weight is 390 g/mol. The predicted molar refractivity (Wildman–Crippen MR) is 107 cm³/mol. The number of pyridine rings is 1. The Morgan fingerprint density at radius 1 is 1.31 bits per heavy atom. The number of nitrogens with zero attached hydrogens (tertiary/aromatic N) is 1. The van der Waals surface area contributed by atoms with Gasteiger partial charge in [0.25, 0.3) is 0 Å². The van der Waals surface area contributed by atoms with Gasteiger partial charge < -0.3 is 15.4 Å². The normalized spacial score (nSPS) is 15.3. The highest BCUT2D eigenvalue weighted by molar-refractivity contribution is 7.80. The van der Waals surface area contributed by atoms with Crippen LogP contribution in [0.4, 0.5) is 5.69 Å². The van der Waals surface area contributed by atoms with Crippen LogP contribution in [0, 0.1) is 0 Å². The number of rotatable bonds is 4. The van der Waals surface area contributed by atoms with Crippen LogP contribution in [0.15, 0.2) is 42.7 Å². The van der Waals surface area contributed by atoms with E-state index in [0.717, 1.165) is 31.2 Å². The molecule has 0 amide bonds. The van der Waals surface area contributed by atoms with Crippen LogP contribution < -0.4 is 10.6 Å². The molecule has 2 aromatic rings. The molecule has 2 N–H and O–H groups in total. The summed E-state index contributed by atoms with van der Waals surface area (Å²) in [5.41, 5.74) is 1.86. The van der Waals surface area contributed by atoms with Gasteiger partial charge in [0.15, 0.2) is 5.11 Å². The van der Waals surface area contributed by atoms with Crippen molar-refractivity contribution in [3.05, 3.63) is 58.9 Å². The molecule has 0 spiro atoms. The van der Waals surface area contributed by atoms with E-state index in [-0.39, 0.29) is 5.54 Å². The lowest BCUT2D eigenvalue weighted by molar-refractivity contribution is 0.0601. The number of anilines is 1. The summed E-state index contributed by atoms with van der Waals surface area (Å²) in [7, 11) is 1.34. The van der Waals surface area contributed by atoms with Crippen molar-refractivity contribution in [2.24, 2.45) is 0 Å². The third-order valence-electron chi connectivity index (χ3n) is 4.66. The van der Waals surface area contributed by atoms with Crippen LogP contribution in [0.1, 0.15) is 41.6 Å². The van der Waals surface area contributed by atoms with Crippen molar-refractivity contribution in [3.63, 3.8) is 0 Å². The zero-order valence-electron chi connectivity index (χ0n) is 14.4. The van der Waals surface area contributed by atoms with E-state index in [1.54, 1.807) is 24.4 Å². The molecule has 1 aromatic carbocycles. The Morgan fingerprint density at radius 2 is 2.08 bits per heavy atom. The average Bonchev–Trinajstić information content (AvgIpc) is 3.13. The Kier molecular flexibility index (Phi) is 5.74. The largest absolute Gasteiger partial charge is 0.465 e. The SMILES string of the molecule is COC(=O)c1ccc(Cl)c(NC(=S)NC2(c3cccnc3)CCCC2)c1. The van der Waals surface area contributed by atoms with Crippen LogP contribution in [-0.4, -0.2) is 23.2 Å². The van der Waals surface area contributed by atoms with Crippen molar-refractivity contribution in [1.29, 1.82) is 0 Å². The van der Waals surface area contributed by atoms with Crippen molar-refractivity contribution in [2.75, 3.05) is 12.4 Å². The summed E-state index contributed by atoms with van der Waals surface area (Å²) in [6, 6.07) is 8.89. The van der Waals surface area contributed by atoms with Crippen molar-refractivity contribution in [2.45, 2.75) is 31.2 Å². The van der Waals surface area contributed by atoms with Crippen LogP contribution in [0.5, 0.6) is 0 Å². The van der Waals surface area contributed by atoms with E-state index >= 15 is 0 Å². The van der Waals surface area contributed by atoms with Gasteiger partial charge in [-0.1, -0.05) is 30.5 Å². The van der Waals surface area contributed by atoms with E-state index in [1.807, 2.05) is 12.3 Å². The number of thiocarbonyl (C=S) groups is 1. The number of carbonyl (C=O) groups is 1. The number of hydrogen-bond donors (Lipinski definition) is 2. The third kappa shape index (κ3) is 3.97. The molecule has 0 atom stereocenters. The summed E-state index contributed by atoms with van der Waals surface area (Å²) in [6.45, 7) is 0. The Hall–Kier alpha value is -2.18. The molecule has 26 heavy (non-hydrogen) atoms. The molecule has 0 aliphatic heterocycles. The molecular formula is C19H20ClN3O2S. The maximum atomic E-state index is 11.7. The Bertz CT molecular complexity index is 808. The molecule has 0 radical (unpaired) electrons. The van der Waals surface area contributed by atoms with Gasteiger partial charge in [-0.2, -0.15) is 0 Å². The van der Waals surface area contributed by atoms with Crippen LogP contribution in [0.25, 0.3) is 0 Å². The van der Waals surface area contributed by atoms with Crippen LogP contribution in [-0.2, 0) is 10.3 Å². The first kappa shape index (κ1) is 18.6. The van der Waals surface area contributed by atoms with Gasteiger partial charge in [-0.3, -0.25) is 4.98 Å². The van der Waals surface area contributed by atoms with E-state index in [9.17, 15) is 4.79 Å². The quantitative estimate of drug-likeness (QED) is 0.601.